The molecule has 0 saturated heterocycles. The van der Waals surface area contributed by atoms with Crippen molar-refractivity contribution in [2.45, 2.75) is 0 Å². The van der Waals surface area contributed by atoms with Crippen LogP contribution in [0.5, 0.6) is 0 Å². The van der Waals surface area contributed by atoms with E-state index in [2.05, 4.69) is 126 Å². The summed E-state index contributed by atoms with van der Waals surface area (Å²) in [7, 11) is 0. The van der Waals surface area contributed by atoms with E-state index in [1.165, 1.54) is 43.4 Å². The third kappa shape index (κ3) is 4.48. The van der Waals surface area contributed by atoms with Gasteiger partial charge in [-0.1, -0.05) is 133 Å². The van der Waals surface area contributed by atoms with Crippen LogP contribution in [0.3, 0.4) is 0 Å². The standard InChI is InChI=1S/C45H28N4S/c50-45-47-43(29-12-3-1-4-13-29)46-44-48(34-16-5-2-6-17-34)41-25-23-33(28-42(41)49(44)45)31-15-11-14-30(26-31)32-22-24-39-37-20-8-7-18-35(37)36-19-9-10-21-38(36)40(39)27-32/h1-28H. The molecule has 0 radical (unpaired) electrons. The molecule has 0 aliphatic carbocycles. The fraction of sp³-hybridized carbons (Fsp3) is 0. The van der Waals surface area contributed by atoms with Gasteiger partial charge in [0, 0.05) is 11.3 Å². The lowest BCUT2D eigenvalue weighted by molar-refractivity contribution is 0.978. The van der Waals surface area contributed by atoms with Crippen molar-refractivity contribution in [2.24, 2.45) is 0 Å². The summed E-state index contributed by atoms with van der Waals surface area (Å²) in [5.74, 6) is 1.34. The summed E-state index contributed by atoms with van der Waals surface area (Å²) in [4.78, 5) is 9.89. The lowest BCUT2D eigenvalue weighted by Gasteiger charge is -2.12. The summed E-state index contributed by atoms with van der Waals surface area (Å²) >= 11 is 5.98. The number of benzene rings is 8. The number of fused-ring (bicyclic) bond motifs is 9. The minimum atomic E-state index is 0.468. The molecule has 0 aliphatic heterocycles. The van der Waals surface area contributed by atoms with Gasteiger partial charge < -0.3 is 0 Å². The molecule has 0 spiro atoms. The lowest BCUT2D eigenvalue weighted by atomic mass is 9.91. The van der Waals surface area contributed by atoms with Crippen LogP contribution >= 0.6 is 12.2 Å². The van der Waals surface area contributed by atoms with Gasteiger partial charge >= 0.3 is 0 Å². The van der Waals surface area contributed by atoms with Gasteiger partial charge in [0.1, 0.15) is 0 Å². The Hall–Kier alpha value is -6.43. The molecule has 0 amide bonds. The maximum atomic E-state index is 5.98. The smallest absolute Gasteiger partial charge is 0.223 e. The first-order valence-corrected chi connectivity index (χ1v) is 17.1. The third-order valence-corrected chi connectivity index (χ3v) is 10.0. The molecule has 0 unspecified atom stereocenters. The molecule has 2 aromatic heterocycles. The van der Waals surface area contributed by atoms with Gasteiger partial charge in [0.2, 0.25) is 10.5 Å². The Balaban J connectivity index is 1.15. The molecule has 50 heavy (non-hydrogen) atoms. The molecule has 10 aromatic rings. The summed E-state index contributed by atoms with van der Waals surface area (Å²) in [6.07, 6.45) is 0. The van der Waals surface area contributed by atoms with Crippen LogP contribution < -0.4 is 0 Å². The van der Waals surface area contributed by atoms with Gasteiger partial charge in [-0.3, -0.25) is 8.97 Å². The minimum absolute atomic E-state index is 0.468. The van der Waals surface area contributed by atoms with Crippen LogP contribution in [0.15, 0.2) is 170 Å². The van der Waals surface area contributed by atoms with E-state index in [9.17, 15) is 0 Å². The first-order valence-electron chi connectivity index (χ1n) is 16.7. The van der Waals surface area contributed by atoms with E-state index in [1.807, 2.05) is 52.9 Å². The molecule has 4 nitrogen and oxygen atoms in total. The number of rotatable bonds is 4. The van der Waals surface area contributed by atoms with E-state index in [4.69, 9.17) is 22.2 Å². The van der Waals surface area contributed by atoms with E-state index >= 15 is 0 Å². The Morgan fingerprint density at radius 3 is 1.58 bits per heavy atom. The van der Waals surface area contributed by atoms with Gasteiger partial charge in [0.25, 0.3) is 0 Å². The monoisotopic (exact) mass is 656 g/mol. The molecule has 2 heterocycles. The summed E-state index contributed by atoms with van der Waals surface area (Å²) in [5.41, 5.74) is 8.48. The minimum Gasteiger partial charge on any atom is -0.278 e. The van der Waals surface area contributed by atoms with Crippen LogP contribution in [0.1, 0.15) is 0 Å². The van der Waals surface area contributed by atoms with Crippen molar-refractivity contribution < 1.29 is 0 Å². The van der Waals surface area contributed by atoms with Gasteiger partial charge in [0.05, 0.1) is 11.0 Å². The lowest BCUT2D eigenvalue weighted by Crippen LogP contribution is -2.02. The molecule has 10 rings (SSSR count). The normalized spacial score (nSPS) is 11.7. The van der Waals surface area contributed by atoms with Crippen molar-refractivity contribution >= 4 is 61.3 Å². The summed E-state index contributed by atoms with van der Waals surface area (Å²) in [5, 5.41) is 7.66. The van der Waals surface area contributed by atoms with Crippen LogP contribution in [0, 0.1) is 4.77 Å². The number of nitrogens with zero attached hydrogens (tertiary/aromatic N) is 4. The highest BCUT2D eigenvalue weighted by atomic mass is 32.1. The van der Waals surface area contributed by atoms with Gasteiger partial charge in [0.15, 0.2) is 5.82 Å². The number of para-hydroxylation sites is 1. The Morgan fingerprint density at radius 2 is 0.900 bits per heavy atom. The molecule has 0 aliphatic rings. The van der Waals surface area contributed by atoms with Gasteiger partial charge in [-0.05, 0) is 103 Å². The number of aromatic nitrogens is 4. The number of hydrogen-bond acceptors (Lipinski definition) is 3. The van der Waals surface area contributed by atoms with Crippen molar-refractivity contribution in [3.63, 3.8) is 0 Å². The Kier molecular flexibility index (Phi) is 6.48. The van der Waals surface area contributed by atoms with E-state index < -0.39 is 0 Å². The summed E-state index contributed by atoms with van der Waals surface area (Å²) in [6, 6.07) is 60.0. The first kappa shape index (κ1) is 28.6. The summed E-state index contributed by atoms with van der Waals surface area (Å²) in [6.45, 7) is 0. The van der Waals surface area contributed by atoms with Gasteiger partial charge in [-0.2, -0.15) is 9.97 Å². The van der Waals surface area contributed by atoms with Crippen LogP contribution in [-0.2, 0) is 0 Å². The SMILES string of the molecule is S=c1nc(-c2ccccc2)nc2n(-c3ccccc3)c3ccc(-c4cccc(-c5ccc6c7ccccc7c7ccccc7c6c5)c4)cc3n12. The molecule has 8 aromatic carbocycles. The van der Waals surface area contributed by atoms with Crippen LogP contribution in [0.2, 0.25) is 0 Å². The van der Waals surface area contributed by atoms with Gasteiger partial charge in [-0.15, -0.1) is 0 Å². The number of hydrogen-bond donors (Lipinski definition) is 0. The van der Waals surface area contributed by atoms with E-state index in [1.54, 1.807) is 0 Å². The number of imidazole rings is 1. The summed E-state index contributed by atoms with van der Waals surface area (Å²) < 4.78 is 4.63. The second-order valence-electron chi connectivity index (χ2n) is 12.6. The highest BCUT2D eigenvalue weighted by molar-refractivity contribution is 7.71. The first-order chi connectivity index (χ1) is 24.7. The van der Waals surface area contributed by atoms with E-state index in [-0.39, 0.29) is 0 Å². The highest BCUT2D eigenvalue weighted by Crippen LogP contribution is 2.38. The van der Waals surface area contributed by atoms with Crippen molar-refractivity contribution in [1.29, 1.82) is 0 Å². The predicted molar refractivity (Wildman–Crippen MR) is 209 cm³/mol. The maximum Gasteiger partial charge on any atom is 0.223 e. The van der Waals surface area contributed by atoms with Gasteiger partial charge in [-0.25, -0.2) is 0 Å². The molecule has 0 N–H and O–H groups in total. The Morgan fingerprint density at radius 1 is 0.380 bits per heavy atom. The van der Waals surface area contributed by atoms with Crippen LogP contribution in [-0.4, -0.2) is 18.9 Å². The second-order valence-corrected chi connectivity index (χ2v) is 13.0. The average molecular weight is 657 g/mol. The van der Waals surface area contributed by atoms with Crippen molar-refractivity contribution in [3.8, 4) is 39.3 Å². The maximum absolute atomic E-state index is 5.98. The second kappa shape index (κ2) is 11.3. The molecule has 5 heteroatoms. The fourth-order valence-corrected chi connectivity index (χ4v) is 7.72. The topological polar surface area (TPSA) is 35.1 Å². The molecule has 0 saturated carbocycles. The predicted octanol–water partition coefficient (Wildman–Crippen LogP) is 11.9. The zero-order chi connectivity index (χ0) is 33.2. The fourth-order valence-electron chi connectivity index (χ4n) is 7.45. The zero-order valence-electron chi connectivity index (χ0n) is 26.9. The Labute approximate surface area is 293 Å². The third-order valence-electron chi connectivity index (χ3n) is 9.78. The molecular weight excluding hydrogens is 629 g/mol. The molecule has 0 bridgehead atoms. The quantitative estimate of drug-likeness (QED) is 0.140. The van der Waals surface area contributed by atoms with E-state index in [0.29, 0.717) is 10.6 Å². The van der Waals surface area contributed by atoms with Crippen molar-refractivity contribution in [1.82, 2.24) is 18.9 Å². The largest absolute Gasteiger partial charge is 0.278 e. The van der Waals surface area contributed by atoms with Crippen molar-refractivity contribution in [3.05, 3.63) is 175 Å². The van der Waals surface area contributed by atoms with Crippen LogP contribution in [0.25, 0.3) is 88.5 Å². The van der Waals surface area contributed by atoms with Crippen LogP contribution in [0.4, 0.5) is 0 Å². The Bertz CT molecular complexity index is 2960. The van der Waals surface area contributed by atoms with Crippen molar-refractivity contribution in [2.75, 3.05) is 0 Å². The zero-order valence-corrected chi connectivity index (χ0v) is 27.7. The average Bonchev–Trinajstić information content (AvgIpc) is 3.52. The molecule has 0 fully saturated rings. The molecule has 0 atom stereocenters. The van der Waals surface area contributed by atoms with E-state index in [0.717, 1.165) is 39.2 Å². The molecular formula is C45H28N4S. The highest BCUT2D eigenvalue weighted by Gasteiger charge is 2.18. The molecule has 234 valence electrons.